The molecule has 1 saturated heterocycles. The van der Waals surface area contributed by atoms with Gasteiger partial charge in [-0.05, 0) is 44.6 Å². The van der Waals surface area contributed by atoms with E-state index in [4.69, 9.17) is 0 Å². The third-order valence-corrected chi connectivity index (χ3v) is 5.02. The van der Waals surface area contributed by atoms with Crippen LogP contribution in [0.4, 0.5) is 0 Å². The molecule has 1 saturated carbocycles. The van der Waals surface area contributed by atoms with Crippen molar-refractivity contribution in [3.63, 3.8) is 0 Å². The highest BCUT2D eigenvalue weighted by Gasteiger charge is 2.32. The molecule has 3 unspecified atom stereocenters. The summed E-state index contributed by atoms with van der Waals surface area (Å²) in [5.74, 6) is 1.67. The van der Waals surface area contributed by atoms with Gasteiger partial charge in [0, 0.05) is 31.5 Å². The monoisotopic (exact) mass is 296 g/mol. The molecule has 0 aromatic heterocycles. The van der Waals surface area contributed by atoms with E-state index < -0.39 is 0 Å². The Hall–Kier alpha value is -0.610. The van der Waals surface area contributed by atoms with Crippen molar-refractivity contribution >= 4 is 5.91 Å². The third-order valence-electron chi connectivity index (χ3n) is 5.02. The van der Waals surface area contributed by atoms with Gasteiger partial charge >= 0.3 is 0 Å². The van der Waals surface area contributed by atoms with Crippen LogP contribution >= 0.6 is 0 Å². The molecule has 0 aromatic carbocycles. The van der Waals surface area contributed by atoms with E-state index in [0.29, 0.717) is 24.9 Å². The van der Waals surface area contributed by atoms with Crippen molar-refractivity contribution in [3.8, 4) is 0 Å². The Kier molecular flexibility index (Phi) is 6.06. The number of carbonyl (C=O) groups is 1. The maximum atomic E-state index is 12.3. The highest BCUT2D eigenvalue weighted by Crippen LogP contribution is 2.27. The fourth-order valence-corrected chi connectivity index (χ4v) is 3.35. The zero-order valence-electron chi connectivity index (χ0n) is 13.8. The van der Waals surface area contributed by atoms with E-state index >= 15 is 0 Å². The Morgan fingerprint density at radius 1 is 1.29 bits per heavy atom. The average Bonchev–Trinajstić information content (AvgIpc) is 2.35. The van der Waals surface area contributed by atoms with Crippen molar-refractivity contribution < 1.29 is 9.90 Å². The van der Waals surface area contributed by atoms with Gasteiger partial charge in [0.1, 0.15) is 0 Å². The lowest BCUT2D eigenvalue weighted by atomic mass is 9.84. The van der Waals surface area contributed by atoms with Crippen LogP contribution in [0.3, 0.4) is 0 Å². The number of nitrogens with zero attached hydrogens (tertiary/aromatic N) is 1. The molecule has 1 aliphatic carbocycles. The Morgan fingerprint density at radius 2 is 2.00 bits per heavy atom. The van der Waals surface area contributed by atoms with Gasteiger partial charge in [-0.1, -0.05) is 20.3 Å². The number of nitrogens with one attached hydrogen (secondary N) is 1. The highest BCUT2D eigenvalue weighted by molar-refractivity contribution is 5.76. The van der Waals surface area contributed by atoms with Gasteiger partial charge in [-0.15, -0.1) is 0 Å². The number of aliphatic hydroxyl groups excluding tert-OH is 1. The van der Waals surface area contributed by atoms with Crippen LogP contribution in [0.2, 0.25) is 0 Å². The molecule has 122 valence electrons. The highest BCUT2D eigenvalue weighted by atomic mass is 16.3. The van der Waals surface area contributed by atoms with E-state index in [0.717, 1.165) is 25.4 Å². The lowest BCUT2D eigenvalue weighted by Gasteiger charge is -2.40. The van der Waals surface area contributed by atoms with E-state index in [-0.39, 0.29) is 17.9 Å². The van der Waals surface area contributed by atoms with Gasteiger partial charge < -0.3 is 15.3 Å². The summed E-state index contributed by atoms with van der Waals surface area (Å²) in [5.41, 5.74) is 0. The number of piperidine rings is 1. The first-order valence-electron chi connectivity index (χ1n) is 8.65. The number of rotatable bonds is 6. The van der Waals surface area contributed by atoms with Crippen LogP contribution < -0.4 is 5.32 Å². The summed E-state index contributed by atoms with van der Waals surface area (Å²) in [7, 11) is 0. The molecule has 1 amide bonds. The van der Waals surface area contributed by atoms with Crippen LogP contribution in [-0.4, -0.2) is 47.7 Å². The maximum absolute atomic E-state index is 12.3. The van der Waals surface area contributed by atoms with E-state index in [1.165, 1.54) is 19.3 Å². The number of aliphatic hydroxyl groups is 1. The van der Waals surface area contributed by atoms with Crippen LogP contribution in [0.5, 0.6) is 0 Å². The standard InChI is InChI=1S/C17H32N2O2/c1-12(2)7-17(21)19-10-15(13(3)20)8-16(11-19)18-9-14-5-4-6-14/h12-16,18,20H,4-11H2,1-3H3. The molecular formula is C17H32N2O2. The maximum Gasteiger partial charge on any atom is 0.222 e. The van der Waals surface area contributed by atoms with E-state index in [1.54, 1.807) is 0 Å². The fraction of sp³-hybridized carbons (Fsp3) is 0.941. The first-order valence-corrected chi connectivity index (χ1v) is 8.65. The van der Waals surface area contributed by atoms with Crippen molar-refractivity contribution in [2.24, 2.45) is 17.8 Å². The number of hydrogen-bond donors (Lipinski definition) is 2. The van der Waals surface area contributed by atoms with Crippen LogP contribution in [-0.2, 0) is 4.79 Å². The molecule has 4 heteroatoms. The second kappa shape index (κ2) is 7.59. The second-order valence-electron chi connectivity index (χ2n) is 7.54. The summed E-state index contributed by atoms with van der Waals surface area (Å²) in [5, 5.41) is 13.6. The first kappa shape index (κ1) is 16.8. The molecule has 0 aromatic rings. The molecular weight excluding hydrogens is 264 g/mol. The quantitative estimate of drug-likeness (QED) is 0.788. The van der Waals surface area contributed by atoms with Crippen molar-refractivity contribution in [1.82, 2.24) is 10.2 Å². The van der Waals surface area contributed by atoms with E-state index in [9.17, 15) is 9.90 Å². The zero-order valence-corrected chi connectivity index (χ0v) is 13.8. The van der Waals surface area contributed by atoms with Gasteiger partial charge in [0.25, 0.3) is 0 Å². The van der Waals surface area contributed by atoms with Gasteiger partial charge in [-0.2, -0.15) is 0 Å². The Bertz CT molecular complexity index is 340. The van der Waals surface area contributed by atoms with E-state index in [2.05, 4.69) is 19.2 Å². The smallest absolute Gasteiger partial charge is 0.222 e. The third kappa shape index (κ3) is 4.96. The lowest BCUT2D eigenvalue weighted by Crippen LogP contribution is -2.54. The van der Waals surface area contributed by atoms with Crippen LogP contribution in [0.15, 0.2) is 0 Å². The summed E-state index contributed by atoms with van der Waals surface area (Å²) in [6.07, 6.45) is 5.31. The SMILES string of the molecule is CC(C)CC(=O)N1CC(NCC2CCC2)CC(C(C)O)C1. The molecule has 0 spiro atoms. The molecule has 2 aliphatic rings. The van der Waals surface area contributed by atoms with Gasteiger partial charge in [-0.3, -0.25) is 4.79 Å². The number of likely N-dealkylation sites (tertiary alicyclic amines) is 1. The van der Waals surface area contributed by atoms with Crippen LogP contribution in [0.25, 0.3) is 0 Å². The van der Waals surface area contributed by atoms with Gasteiger partial charge in [0.05, 0.1) is 6.10 Å². The molecule has 4 nitrogen and oxygen atoms in total. The van der Waals surface area contributed by atoms with Crippen LogP contribution in [0.1, 0.15) is 52.9 Å². The largest absolute Gasteiger partial charge is 0.393 e. The molecule has 0 bridgehead atoms. The molecule has 2 N–H and O–H groups in total. The predicted octanol–water partition coefficient (Wildman–Crippen LogP) is 2.02. The van der Waals surface area contributed by atoms with Crippen molar-refractivity contribution in [2.75, 3.05) is 19.6 Å². The number of amides is 1. The molecule has 1 heterocycles. The zero-order chi connectivity index (χ0) is 15.4. The summed E-state index contributed by atoms with van der Waals surface area (Å²) in [4.78, 5) is 14.3. The number of hydrogen-bond acceptors (Lipinski definition) is 3. The Morgan fingerprint density at radius 3 is 2.52 bits per heavy atom. The first-order chi connectivity index (χ1) is 9.95. The molecule has 2 fully saturated rings. The molecule has 1 aliphatic heterocycles. The second-order valence-corrected chi connectivity index (χ2v) is 7.54. The van der Waals surface area contributed by atoms with Gasteiger partial charge in [0.15, 0.2) is 0 Å². The Balaban J connectivity index is 1.88. The van der Waals surface area contributed by atoms with Gasteiger partial charge in [0.2, 0.25) is 5.91 Å². The molecule has 3 atom stereocenters. The number of carbonyl (C=O) groups excluding carboxylic acids is 1. The van der Waals surface area contributed by atoms with Gasteiger partial charge in [-0.25, -0.2) is 0 Å². The van der Waals surface area contributed by atoms with Crippen LogP contribution in [0, 0.1) is 17.8 Å². The van der Waals surface area contributed by atoms with Crippen molar-refractivity contribution in [1.29, 1.82) is 0 Å². The summed E-state index contributed by atoms with van der Waals surface area (Å²) >= 11 is 0. The minimum Gasteiger partial charge on any atom is -0.393 e. The molecule has 21 heavy (non-hydrogen) atoms. The van der Waals surface area contributed by atoms with Crippen molar-refractivity contribution in [2.45, 2.75) is 65.0 Å². The minimum absolute atomic E-state index is 0.203. The Labute approximate surface area is 129 Å². The summed E-state index contributed by atoms with van der Waals surface area (Å²) < 4.78 is 0. The fourth-order valence-electron chi connectivity index (χ4n) is 3.35. The summed E-state index contributed by atoms with van der Waals surface area (Å²) in [6, 6.07) is 0.343. The molecule has 2 rings (SSSR count). The average molecular weight is 296 g/mol. The minimum atomic E-state index is -0.340. The normalized spacial score (nSPS) is 28.5. The lowest BCUT2D eigenvalue weighted by molar-refractivity contribution is -0.135. The van der Waals surface area contributed by atoms with E-state index in [1.807, 2.05) is 11.8 Å². The van der Waals surface area contributed by atoms with Crippen molar-refractivity contribution in [3.05, 3.63) is 0 Å². The topological polar surface area (TPSA) is 52.6 Å². The molecule has 0 radical (unpaired) electrons. The predicted molar refractivity (Wildman–Crippen MR) is 85.0 cm³/mol. The summed E-state index contributed by atoms with van der Waals surface area (Å²) in [6.45, 7) is 8.61.